The van der Waals surface area contributed by atoms with E-state index in [2.05, 4.69) is 5.32 Å². The number of fused-ring (bicyclic) bond motifs is 1. The average molecular weight is 304 g/mol. The lowest BCUT2D eigenvalue weighted by molar-refractivity contribution is -0.00858. The summed E-state index contributed by atoms with van der Waals surface area (Å²) in [4.78, 5) is 13.0. The Morgan fingerprint density at radius 2 is 2.24 bits per heavy atom. The van der Waals surface area contributed by atoms with E-state index in [4.69, 9.17) is 10.5 Å². The number of rotatable bonds is 4. The minimum absolute atomic E-state index is 0.0636. The number of nitrogens with one attached hydrogen (secondary N) is 1. The second-order valence-corrected chi connectivity index (χ2v) is 6.62. The molecule has 0 bridgehead atoms. The van der Waals surface area contributed by atoms with Crippen molar-refractivity contribution in [2.24, 2.45) is 0 Å². The van der Waals surface area contributed by atoms with Crippen LogP contribution in [0.3, 0.4) is 0 Å². The number of nitrogen functional groups attached to an aromatic ring is 1. The first-order valence-electron chi connectivity index (χ1n) is 7.29. The maximum Gasteiger partial charge on any atom is 0.263 e. The van der Waals surface area contributed by atoms with Crippen molar-refractivity contribution in [2.45, 2.75) is 38.8 Å². The molecule has 4 nitrogen and oxygen atoms in total. The molecule has 1 aliphatic carbocycles. The van der Waals surface area contributed by atoms with E-state index < -0.39 is 0 Å². The standard InChI is InChI=1S/C16H20N2O2S/c1-3-20-11-7-10(8-11)18-16(19)15-14(17)12-6-9(2)4-5-13(12)21-15/h4-6,10-11H,3,7-8,17H2,1-2H3,(H,18,19). The number of hydrogen-bond acceptors (Lipinski definition) is 4. The van der Waals surface area contributed by atoms with Crippen molar-refractivity contribution in [3.8, 4) is 0 Å². The summed E-state index contributed by atoms with van der Waals surface area (Å²) in [5, 5.41) is 4.03. The van der Waals surface area contributed by atoms with E-state index in [0.29, 0.717) is 16.7 Å². The molecular weight excluding hydrogens is 284 g/mol. The van der Waals surface area contributed by atoms with E-state index in [9.17, 15) is 4.79 Å². The van der Waals surface area contributed by atoms with Crippen LogP contribution in [0, 0.1) is 6.92 Å². The fourth-order valence-corrected chi connectivity index (χ4v) is 3.71. The van der Waals surface area contributed by atoms with Gasteiger partial charge in [0.15, 0.2) is 0 Å². The molecule has 1 aromatic heterocycles. The highest BCUT2D eigenvalue weighted by atomic mass is 32.1. The molecule has 21 heavy (non-hydrogen) atoms. The van der Waals surface area contributed by atoms with Crippen LogP contribution in [-0.2, 0) is 4.74 Å². The highest BCUT2D eigenvalue weighted by Gasteiger charge is 2.31. The number of benzene rings is 1. The van der Waals surface area contributed by atoms with Crippen LogP contribution >= 0.6 is 11.3 Å². The number of nitrogens with two attached hydrogens (primary N) is 1. The fraction of sp³-hybridized carbons (Fsp3) is 0.438. The zero-order valence-corrected chi connectivity index (χ0v) is 13.1. The van der Waals surface area contributed by atoms with E-state index in [1.165, 1.54) is 11.3 Å². The Morgan fingerprint density at radius 1 is 1.48 bits per heavy atom. The van der Waals surface area contributed by atoms with Gasteiger partial charge in [-0.2, -0.15) is 0 Å². The maximum atomic E-state index is 12.4. The van der Waals surface area contributed by atoms with Crippen molar-refractivity contribution in [3.05, 3.63) is 28.6 Å². The van der Waals surface area contributed by atoms with Gasteiger partial charge in [-0.1, -0.05) is 11.6 Å². The van der Waals surface area contributed by atoms with Gasteiger partial charge in [0, 0.05) is 22.7 Å². The Hall–Kier alpha value is -1.59. The predicted octanol–water partition coefficient (Wildman–Crippen LogP) is 3.09. The molecule has 1 amide bonds. The summed E-state index contributed by atoms with van der Waals surface area (Å²) in [7, 11) is 0. The zero-order chi connectivity index (χ0) is 15.0. The number of ether oxygens (including phenoxy) is 1. The van der Waals surface area contributed by atoms with E-state index in [-0.39, 0.29) is 11.9 Å². The van der Waals surface area contributed by atoms with Gasteiger partial charge in [0.2, 0.25) is 0 Å². The summed E-state index contributed by atoms with van der Waals surface area (Å²) in [6.45, 7) is 4.75. The Kier molecular flexibility index (Phi) is 3.87. The van der Waals surface area contributed by atoms with Gasteiger partial charge in [0.25, 0.3) is 5.91 Å². The molecule has 1 fully saturated rings. The van der Waals surface area contributed by atoms with Gasteiger partial charge >= 0.3 is 0 Å². The Balaban J connectivity index is 1.72. The topological polar surface area (TPSA) is 64.3 Å². The summed E-state index contributed by atoms with van der Waals surface area (Å²) < 4.78 is 6.57. The van der Waals surface area contributed by atoms with Crippen LogP contribution in [-0.4, -0.2) is 24.7 Å². The van der Waals surface area contributed by atoms with Crippen molar-refractivity contribution in [2.75, 3.05) is 12.3 Å². The van der Waals surface area contributed by atoms with E-state index in [1.807, 2.05) is 32.0 Å². The molecule has 3 N–H and O–H groups in total. The molecule has 1 aromatic carbocycles. The number of carbonyl (C=O) groups is 1. The lowest BCUT2D eigenvalue weighted by atomic mass is 9.89. The highest BCUT2D eigenvalue weighted by Crippen LogP contribution is 2.34. The third-order valence-electron chi connectivity index (χ3n) is 3.92. The monoisotopic (exact) mass is 304 g/mol. The molecule has 0 spiro atoms. The molecule has 1 heterocycles. The lowest BCUT2D eigenvalue weighted by Crippen LogP contribution is -2.47. The van der Waals surface area contributed by atoms with Crippen molar-refractivity contribution >= 4 is 33.0 Å². The van der Waals surface area contributed by atoms with Gasteiger partial charge in [0.05, 0.1) is 11.8 Å². The molecule has 0 saturated heterocycles. The molecular formula is C16H20N2O2S. The largest absolute Gasteiger partial charge is 0.397 e. The smallest absolute Gasteiger partial charge is 0.263 e. The van der Waals surface area contributed by atoms with Crippen LogP contribution in [0.2, 0.25) is 0 Å². The maximum absolute atomic E-state index is 12.4. The molecule has 3 rings (SSSR count). The van der Waals surface area contributed by atoms with Gasteiger partial charge < -0.3 is 15.8 Å². The number of aryl methyl sites for hydroxylation is 1. The molecule has 0 atom stereocenters. The Morgan fingerprint density at radius 3 is 2.95 bits per heavy atom. The third kappa shape index (κ3) is 2.76. The fourth-order valence-electron chi connectivity index (χ4n) is 2.71. The third-order valence-corrected chi connectivity index (χ3v) is 5.11. The van der Waals surface area contributed by atoms with Gasteiger partial charge in [-0.25, -0.2) is 0 Å². The Bertz CT molecular complexity index is 674. The minimum Gasteiger partial charge on any atom is -0.397 e. The van der Waals surface area contributed by atoms with E-state index in [0.717, 1.165) is 35.1 Å². The zero-order valence-electron chi connectivity index (χ0n) is 12.3. The number of thiophene rings is 1. The van der Waals surface area contributed by atoms with Gasteiger partial charge in [-0.3, -0.25) is 4.79 Å². The highest BCUT2D eigenvalue weighted by molar-refractivity contribution is 7.21. The first kappa shape index (κ1) is 14.4. The quantitative estimate of drug-likeness (QED) is 0.912. The summed E-state index contributed by atoms with van der Waals surface area (Å²) in [6.07, 6.45) is 2.08. The van der Waals surface area contributed by atoms with Crippen molar-refractivity contribution in [3.63, 3.8) is 0 Å². The number of hydrogen-bond donors (Lipinski definition) is 2. The van der Waals surface area contributed by atoms with Crippen LogP contribution in [0.5, 0.6) is 0 Å². The van der Waals surface area contributed by atoms with Crippen molar-refractivity contribution < 1.29 is 9.53 Å². The molecule has 1 saturated carbocycles. The molecule has 1 aliphatic rings. The average Bonchev–Trinajstić information content (AvgIpc) is 2.74. The second kappa shape index (κ2) is 5.66. The summed E-state index contributed by atoms with van der Waals surface area (Å²) >= 11 is 1.46. The minimum atomic E-state index is -0.0636. The molecule has 5 heteroatoms. The normalized spacial score (nSPS) is 21.2. The summed E-state index contributed by atoms with van der Waals surface area (Å²) in [5.41, 5.74) is 7.89. The first-order valence-corrected chi connectivity index (χ1v) is 8.11. The van der Waals surface area contributed by atoms with Crippen LogP contribution < -0.4 is 11.1 Å². The van der Waals surface area contributed by atoms with Crippen LogP contribution in [0.4, 0.5) is 5.69 Å². The van der Waals surface area contributed by atoms with Crippen LogP contribution in [0.25, 0.3) is 10.1 Å². The predicted molar refractivity (Wildman–Crippen MR) is 86.9 cm³/mol. The molecule has 2 aromatic rings. The first-order chi connectivity index (χ1) is 10.1. The number of carbonyl (C=O) groups excluding carboxylic acids is 1. The Labute approximate surface area is 128 Å². The number of amides is 1. The molecule has 0 unspecified atom stereocenters. The lowest BCUT2D eigenvalue weighted by Gasteiger charge is -2.35. The van der Waals surface area contributed by atoms with Crippen LogP contribution in [0.15, 0.2) is 18.2 Å². The van der Waals surface area contributed by atoms with E-state index in [1.54, 1.807) is 0 Å². The van der Waals surface area contributed by atoms with Crippen molar-refractivity contribution in [1.82, 2.24) is 5.32 Å². The van der Waals surface area contributed by atoms with Crippen molar-refractivity contribution in [1.29, 1.82) is 0 Å². The van der Waals surface area contributed by atoms with Crippen LogP contribution in [0.1, 0.15) is 35.0 Å². The molecule has 0 aliphatic heterocycles. The number of anilines is 1. The van der Waals surface area contributed by atoms with Gasteiger partial charge in [-0.15, -0.1) is 11.3 Å². The van der Waals surface area contributed by atoms with Gasteiger partial charge in [-0.05, 0) is 38.8 Å². The van der Waals surface area contributed by atoms with Gasteiger partial charge in [0.1, 0.15) is 4.88 Å². The summed E-state index contributed by atoms with van der Waals surface area (Å²) in [5.74, 6) is -0.0636. The second-order valence-electron chi connectivity index (χ2n) is 5.56. The SMILES string of the molecule is CCOC1CC(NC(=O)c2sc3ccc(C)cc3c2N)C1. The summed E-state index contributed by atoms with van der Waals surface area (Å²) in [6, 6.07) is 6.31. The molecule has 0 radical (unpaired) electrons. The molecule has 112 valence electrons. The van der Waals surface area contributed by atoms with E-state index >= 15 is 0 Å².